The van der Waals surface area contributed by atoms with Crippen molar-refractivity contribution in [1.82, 2.24) is 19.8 Å². The van der Waals surface area contributed by atoms with Crippen LogP contribution in [-0.2, 0) is 11.2 Å². The monoisotopic (exact) mass is 432 g/mol. The molecule has 0 radical (unpaired) electrons. The van der Waals surface area contributed by atoms with Crippen LogP contribution in [0.4, 0.5) is 0 Å². The second kappa shape index (κ2) is 8.14. The van der Waals surface area contributed by atoms with Crippen molar-refractivity contribution in [1.29, 1.82) is 0 Å². The Hall–Kier alpha value is -2.47. The number of benzene rings is 1. The predicted molar refractivity (Wildman–Crippen MR) is 124 cm³/mol. The fraction of sp³-hybridized carbons (Fsp3) is 0.577. The van der Waals surface area contributed by atoms with E-state index in [4.69, 9.17) is 0 Å². The van der Waals surface area contributed by atoms with Crippen molar-refractivity contribution in [2.24, 2.45) is 11.8 Å². The number of aromatic nitrogens is 2. The Labute approximate surface area is 188 Å². The SMILES string of the molecule is O=C(CCc1nc2ccccc2c(=O)[nH]1)N1CCCC2=C[C@H]3C[C@H](CN4CCCC[C@H]34)[C@@H]21. The van der Waals surface area contributed by atoms with E-state index in [-0.39, 0.29) is 17.5 Å². The van der Waals surface area contributed by atoms with Crippen molar-refractivity contribution in [2.75, 3.05) is 19.6 Å². The average Bonchev–Trinajstić information content (AvgIpc) is 2.82. The van der Waals surface area contributed by atoms with E-state index in [0.717, 1.165) is 32.0 Å². The van der Waals surface area contributed by atoms with Gasteiger partial charge in [-0.1, -0.05) is 30.2 Å². The minimum atomic E-state index is -0.127. The van der Waals surface area contributed by atoms with E-state index in [0.29, 0.717) is 41.4 Å². The van der Waals surface area contributed by atoms with E-state index in [1.807, 2.05) is 18.2 Å². The van der Waals surface area contributed by atoms with Crippen molar-refractivity contribution < 1.29 is 4.79 Å². The van der Waals surface area contributed by atoms with Crippen molar-refractivity contribution in [2.45, 2.75) is 63.5 Å². The zero-order chi connectivity index (χ0) is 21.7. The van der Waals surface area contributed by atoms with E-state index >= 15 is 0 Å². The summed E-state index contributed by atoms with van der Waals surface area (Å²) in [4.78, 5) is 38.1. The molecule has 6 heteroatoms. The van der Waals surface area contributed by atoms with Gasteiger partial charge in [-0.25, -0.2) is 4.98 Å². The summed E-state index contributed by atoms with van der Waals surface area (Å²) in [5, 5.41) is 0.596. The Balaban J connectivity index is 1.20. The lowest BCUT2D eigenvalue weighted by Gasteiger charge is -2.54. The van der Waals surface area contributed by atoms with Gasteiger partial charge >= 0.3 is 0 Å². The third kappa shape index (κ3) is 3.49. The molecule has 3 fully saturated rings. The van der Waals surface area contributed by atoms with Gasteiger partial charge in [-0.3, -0.25) is 14.5 Å². The van der Waals surface area contributed by atoms with Gasteiger partial charge in [0.1, 0.15) is 5.82 Å². The molecule has 1 aromatic heterocycles. The van der Waals surface area contributed by atoms with Crippen molar-refractivity contribution >= 4 is 16.8 Å². The highest BCUT2D eigenvalue weighted by atomic mass is 16.2. The third-order valence-corrected chi connectivity index (χ3v) is 8.22. The Kier molecular flexibility index (Phi) is 5.13. The van der Waals surface area contributed by atoms with Gasteiger partial charge in [-0.2, -0.15) is 0 Å². The van der Waals surface area contributed by atoms with Gasteiger partial charge in [0, 0.05) is 32.0 Å². The van der Waals surface area contributed by atoms with Gasteiger partial charge < -0.3 is 9.88 Å². The van der Waals surface area contributed by atoms with Crippen LogP contribution in [0.15, 0.2) is 40.7 Å². The molecular formula is C26H32N4O2. The summed E-state index contributed by atoms with van der Waals surface area (Å²) < 4.78 is 0. The number of aryl methyl sites for hydroxylation is 1. The van der Waals surface area contributed by atoms with Crippen LogP contribution in [0.3, 0.4) is 0 Å². The minimum Gasteiger partial charge on any atom is -0.336 e. The van der Waals surface area contributed by atoms with Gasteiger partial charge in [0.2, 0.25) is 5.91 Å². The van der Waals surface area contributed by atoms with E-state index in [2.05, 4.69) is 25.8 Å². The minimum absolute atomic E-state index is 0.127. The first-order chi connectivity index (χ1) is 15.7. The number of fused-ring (bicyclic) bond motifs is 7. The first-order valence-electron chi connectivity index (χ1n) is 12.4. The molecule has 1 amide bonds. The van der Waals surface area contributed by atoms with Gasteiger partial charge in [0.15, 0.2) is 0 Å². The van der Waals surface area contributed by atoms with Crippen LogP contribution in [0.25, 0.3) is 10.9 Å². The number of carbonyl (C=O) groups is 1. The molecule has 1 N–H and O–H groups in total. The number of piperidine rings is 3. The van der Waals surface area contributed by atoms with Crippen LogP contribution < -0.4 is 5.56 Å². The number of rotatable bonds is 3. The topological polar surface area (TPSA) is 69.3 Å². The smallest absolute Gasteiger partial charge is 0.258 e. The number of H-pyrrole nitrogens is 1. The number of carbonyl (C=O) groups excluding carboxylic acids is 1. The molecule has 2 bridgehead atoms. The van der Waals surface area contributed by atoms with Crippen LogP contribution >= 0.6 is 0 Å². The highest BCUT2D eigenvalue weighted by molar-refractivity contribution is 5.78. The number of para-hydroxylation sites is 1. The lowest BCUT2D eigenvalue weighted by molar-refractivity contribution is -0.136. The number of nitrogens with one attached hydrogen (secondary N) is 1. The Morgan fingerprint density at radius 2 is 2.06 bits per heavy atom. The lowest BCUT2D eigenvalue weighted by Crippen LogP contribution is -2.60. The molecular weight excluding hydrogens is 400 g/mol. The maximum Gasteiger partial charge on any atom is 0.258 e. The van der Waals surface area contributed by atoms with Crippen molar-refractivity contribution in [3.8, 4) is 0 Å². The Morgan fingerprint density at radius 1 is 1.16 bits per heavy atom. The quantitative estimate of drug-likeness (QED) is 0.756. The highest BCUT2D eigenvalue weighted by Gasteiger charge is 2.46. The fourth-order valence-corrected chi connectivity index (χ4v) is 6.88. The number of aromatic amines is 1. The third-order valence-electron chi connectivity index (χ3n) is 8.22. The number of amides is 1. The summed E-state index contributed by atoms with van der Waals surface area (Å²) >= 11 is 0. The molecule has 0 unspecified atom stereocenters. The molecule has 6 nitrogen and oxygen atoms in total. The molecule has 6 rings (SSSR count). The van der Waals surface area contributed by atoms with Crippen LogP contribution in [0.5, 0.6) is 0 Å². The van der Waals surface area contributed by atoms with Crippen molar-refractivity contribution in [3.05, 3.63) is 52.1 Å². The molecule has 1 aromatic carbocycles. The molecule has 3 saturated heterocycles. The van der Waals surface area contributed by atoms with E-state index in [9.17, 15) is 9.59 Å². The summed E-state index contributed by atoms with van der Waals surface area (Å²) in [5.74, 6) is 2.06. The number of likely N-dealkylation sites (tertiary alicyclic amines) is 1. The van der Waals surface area contributed by atoms with Crippen molar-refractivity contribution in [3.63, 3.8) is 0 Å². The Bertz CT molecular complexity index is 1120. The summed E-state index contributed by atoms with van der Waals surface area (Å²) in [7, 11) is 0. The molecule has 1 aliphatic carbocycles. The first-order valence-corrected chi connectivity index (χ1v) is 12.4. The summed E-state index contributed by atoms with van der Waals surface area (Å²) in [6, 6.07) is 8.38. The summed E-state index contributed by atoms with van der Waals surface area (Å²) in [6.07, 6.45) is 10.9. The number of hydrogen-bond donors (Lipinski definition) is 1. The van der Waals surface area contributed by atoms with Crippen LogP contribution in [-0.4, -0.2) is 57.4 Å². The van der Waals surface area contributed by atoms with Gasteiger partial charge in [0.25, 0.3) is 5.56 Å². The lowest BCUT2D eigenvalue weighted by atomic mass is 9.68. The summed E-state index contributed by atoms with van der Waals surface area (Å²) in [5.41, 5.74) is 2.09. The second-order valence-corrected chi connectivity index (χ2v) is 10.1. The van der Waals surface area contributed by atoms with Gasteiger partial charge in [-0.15, -0.1) is 0 Å². The zero-order valence-electron chi connectivity index (χ0n) is 18.6. The van der Waals surface area contributed by atoms with Crippen LogP contribution in [0, 0.1) is 11.8 Å². The molecule has 4 aliphatic rings. The molecule has 3 aliphatic heterocycles. The summed E-state index contributed by atoms with van der Waals surface area (Å²) in [6.45, 7) is 3.22. The molecule has 2 aromatic rings. The standard InChI is InChI=1S/C26H32N4O2/c31-24(11-10-23-27-21-8-2-1-7-20(21)26(32)28-23)30-13-5-6-17-14-18-15-19(25(17)30)16-29-12-4-3-9-22(18)29/h1-2,7-8,14,18-19,22,25H,3-6,9-13,15-16H2,(H,27,28,32)/t18-,19+,22+,25+/m0/s1. The average molecular weight is 433 g/mol. The maximum atomic E-state index is 13.4. The van der Waals surface area contributed by atoms with E-state index < -0.39 is 0 Å². The number of nitrogens with zero attached hydrogens (tertiary/aromatic N) is 3. The maximum absolute atomic E-state index is 13.4. The molecule has 0 saturated carbocycles. The molecule has 168 valence electrons. The normalized spacial score (nSPS) is 29.9. The molecule has 0 spiro atoms. The fourth-order valence-electron chi connectivity index (χ4n) is 6.88. The van der Waals surface area contributed by atoms with E-state index in [1.54, 1.807) is 6.07 Å². The van der Waals surface area contributed by atoms with Gasteiger partial charge in [-0.05, 0) is 62.6 Å². The van der Waals surface area contributed by atoms with Crippen LogP contribution in [0.2, 0.25) is 0 Å². The predicted octanol–water partition coefficient (Wildman–Crippen LogP) is 3.28. The molecule has 32 heavy (non-hydrogen) atoms. The number of hydrogen-bond acceptors (Lipinski definition) is 4. The molecule has 4 heterocycles. The highest BCUT2D eigenvalue weighted by Crippen LogP contribution is 2.45. The Morgan fingerprint density at radius 3 is 3.00 bits per heavy atom. The van der Waals surface area contributed by atoms with E-state index in [1.165, 1.54) is 37.8 Å². The zero-order valence-corrected chi connectivity index (χ0v) is 18.6. The second-order valence-electron chi connectivity index (χ2n) is 10.1. The first kappa shape index (κ1) is 20.2. The largest absolute Gasteiger partial charge is 0.336 e. The van der Waals surface area contributed by atoms with Gasteiger partial charge in [0.05, 0.1) is 16.9 Å². The molecule has 4 atom stereocenters. The van der Waals surface area contributed by atoms with Crippen LogP contribution in [0.1, 0.15) is 50.8 Å².